The summed E-state index contributed by atoms with van der Waals surface area (Å²) < 4.78 is 5.47. The molecule has 0 saturated heterocycles. The van der Waals surface area contributed by atoms with Crippen LogP contribution >= 0.6 is 0 Å². The van der Waals surface area contributed by atoms with Crippen molar-refractivity contribution < 1.29 is 0 Å². The number of aromatic nitrogens is 1. The minimum absolute atomic E-state index is 0.248. The Morgan fingerprint density at radius 2 is 0.844 bits per heavy atom. The van der Waals surface area contributed by atoms with E-state index in [0.29, 0.717) is 0 Å². The quantitative estimate of drug-likeness (QED) is 0.141. The summed E-state index contributed by atoms with van der Waals surface area (Å²) in [6.45, 7) is 0. The Bertz CT molecular complexity index is 3850. The molecule has 0 amide bonds. The van der Waals surface area contributed by atoms with Gasteiger partial charge in [-0.05, 0) is 41.0 Å². The molecule has 0 aliphatic carbocycles. The molecule has 0 saturated carbocycles. The van der Waals surface area contributed by atoms with Crippen molar-refractivity contribution in [2.24, 2.45) is 0 Å². The molecule has 0 aliphatic heterocycles. The average Bonchev–Trinajstić information content (AvgIpc) is 3.88. The number of hydrogen-bond acceptors (Lipinski definition) is 2. The Morgan fingerprint density at radius 1 is 0.312 bits per heavy atom. The maximum Gasteiger partial charge on any atom is -0.0464 e. The van der Waals surface area contributed by atoms with Crippen molar-refractivity contribution in [3.05, 3.63) is 237 Å². The van der Waals surface area contributed by atoms with E-state index in [1.807, 2.05) is 0 Å². The molecule has 0 aliphatic rings. The molecule has 0 bridgehead atoms. The second-order valence-corrected chi connectivity index (χ2v) is 18.8. The van der Waals surface area contributed by atoms with Crippen molar-refractivity contribution in [1.29, 1.82) is 0 Å². The number of benzene rings is 10. The van der Waals surface area contributed by atoms with Gasteiger partial charge >= 0.3 is 248 Å². The Kier molecular flexibility index (Phi) is 8.55. The van der Waals surface area contributed by atoms with Gasteiger partial charge in [-0.25, -0.2) is 0 Å². The van der Waals surface area contributed by atoms with Crippen LogP contribution in [-0.4, -0.2) is 18.9 Å². The van der Waals surface area contributed by atoms with E-state index in [-0.39, 0.29) is 14.5 Å². The van der Waals surface area contributed by atoms with Crippen molar-refractivity contribution in [2.75, 3.05) is 9.80 Å². The summed E-state index contributed by atoms with van der Waals surface area (Å²) in [4.78, 5) is 4.85. The predicted octanol–water partition coefficient (Wildman–Crippen LogP) is 16.5. The molecule has 0 atom stereocenters. The number of fused-ring (bicyclic) bond motifs is 5. The third-order valence-corrected chi connectivity index (χ3v) is 15.2. The minimum Gasteiger partial charge on any atom is -0.0617 e. The smallest absolute Gasteiger partial charge is 0.0464 e. The van der Waals surface area contributed by atoms with Gasteiger partial charge in [0, 0.05) is 5.56 Å². The molecule has 0 N–H and O–H groups in total. The van der Waals surface area contributed by atoms with Gasteiger partial charge in [0.25, 0.3) is 0 Å². The van der Waals surface area contributed by atoms with E-state index < -0.39 is 0 Å². The Labute approximate surface area is 377 Å². The van der Waals surface area contributed by atoms with Gasteiger partial charge in [0.1, 0.15) is 0 Å². The van der Waals surface area contributed by atoms with Gasteiger partial charge in [-0.3, -0.25) is 0 Å². The van der Waals surface area contributed by atoms with Gasteiger partial charge in [0.15, 0.2) is 0 Å². The van der Waals surface area contributed by atoms with Gasteiger partial charge < -0.3 is 0 Å². The van der Waals surface area contributed by atoms with Crippen LogP contribution in [0.3, 0.4) is 0 Å². The second-order valence-electron chi connectivity index (χ2n) is 16.5. The molecule has 0 radical (unpaired) electrons. The predicted molar refractivity (Wildman–Crippen MR) is 273 cm³/mol. The van der Waals surface area contributed by atoms with Gasteiger partial charge in [-0.2, -0.15) is 0 Å². The third kappa shape index (κ3) is 5.81. The number of anilines is 6. The van der Waals surface area contributed by atoms with Crippen molar-refractivity contribution in [3.8, 4) is 22.3 Å². The molecule has 0 spiro atoms. The molecular weight excluding hydrogens is 842 g/mol. The molecule has 300 valence electrons. The summed E-state index contributed by atoms with van der Waals surface area (Å²) in [5.41, 5.74) is 15.1. The van der Waals surface area contributed by atoms with Crippen LogP contribution in [0.5, 0.6) is 0 Å². The van der Waals surface area contributed by atoms with Crippen LogP contribution in [0.2, 0.25) is 0 Å². The van der Waals surface area contributed by atoms with Crippen LogP contribution < -0.4 is 9.80 Å². The fraction of sp³-hybridized carbons (Fsp3) is 0. The van der Waals surface area contributed by atoms with Crippen LogP contribution in [0.15, 0.2) is 237 Å². The van der Waals surface area contributed by atoms with Crippen molar-refractivity contribution in [1.82, 2.24) is 4.40 Å². The first kappa shape index (κ1) is 36.7. The summed E-state index contributed by atoms with van der Waals surface area (Å²) in [5, 5.41) is 7.87. The SMILES string of the molecule is c1ccc(-c2cccc(-c3ccccc3N(c3ccccc3)c3cccc(N(c4ccccc4)c4cc5c6cccc7[se]c8cccc(c8c76)n6c7ccccc7c(c4)c56)c3)c2)cc1. The minimum atomic E-state index is 0.248. The first-order valence-corrected chi connectivity index (χ1v) is 23.6. The van der Waals surface area contributed by atoms with E-state index in [1.165, 1.54) is 74.1 Å². The molecule has 0 unspecified atom stereocenters. The van der Waals surface area contributed by atoms with Gasteiger partial charge in [0.05, 0.1) is 0 Å². The zero-order chi connectivity index (χ0) is 42.1. The molecule has 64 heavy (non-hydrogen) atoms. The van der Waals surface area contributed by atoms with E-state index in [9.17, 15) is 0 Å². The van der Waals surface area contributed by atoms with Gasteiger partial charge in [0.2, 0.25) is 0 Å². The monoisotopic (exact) mass is 881 g/mol. The van der Waals surface area contributed by atoms with E-state index in [1.54, 1.807) is 0 Å². The van der Waals surface area contributed by atoms with Crippen molar-refractivity contribution in [2.45, 2.75) is 0 Å². The second kappa shape index (κ2) is 14.9. The molecule has 13 aromatic rings. The zero-order valence-electron chi connectivity index (χ0n) is 34.8. The Balaban J connectivity index is 1.05. The number of hydrogen-bond donors (Lipinski definition) is 0. The molecule has 4 heteroatoms. The summed E-state index contributed by atoms with van der Waals surface area (Å²) in [6.07, 6.45) is 0. The van der Waals surface area contributed by atoms with Crippen LogP contribution in [0.4, 0.5) is 34.1 Å². The summed E-state index contributed by atoms with van der Waals surface area (Å²) in [6, 6.07) is 86.8. The van der Waals surface area contributed by atoms with Gasteiger partial charge in [-0.15, -0.1) is 0 Å². The topological polar surface area (TPSA) is 10.9 Å². The number of rotatable bonds is 8. The van der Waals surface area contributed by atoms with Gasteiger partial charge in [-0.1, -0.05) is 84.9 Å². The summed E-state index contributed by atoms with van der Waals surface area (Å²) in [7, 11) is 0. The maximum atomic E-state index is 2.55. The van der Waals surface area contributed by atoms with Crippen LogP contribution in [0, 0.1) is 0 Å². The Hall–Kier alpha value is -7.88. The fourth-order valence-corrected chi connectivity index (χ4v) is 12.6. The largest absolute Gasteiger partial charge is 0.0617 e. The summed E-state index contributed by atoms with van der Waals surface area (Å²) in [5.74, 6) is 0. The number of para-hydroxylation sites is 4. The summed E-state index contributed by atoms with van der Waals surface area (Å²) >= 11 is 0.248. The molecule has 3 heterocycles. The van der Waals surface area contributed by atoms with Crippen molar-refractivity contribution in [3.63, 3.8) is 0 Å². The molecule has 3 aromatic heterocycles. The first-order valence-electron chi connectivity index (χ1n) is 21.8. The van der Waals surface area contributed by atoms with Crippen molar-refractivity contribution >= 4 is 106 Å². The average molecular weight is 881 g/mol. The number of nitrogens with zero attached hydrogens (tertiary/aromatic N) is 3. The normalized spacial score (nSPS) is 11.8. The maximum absolute atomic E-state index is 2.55. The molecule has 3 nitrogen and oxygen atoms in total. The van der Waals surface area contributed by atoms with Crippen LogP contribution in [-0.2, 0) is 0 Å². The van der Waals surface area contributed by atoms with E-state index >= 15 is 0 Å². The van der Waals surface area contributed by atoms with Crippen LogP contribution in [0.1, 0.15) is 0 Å². The zero-order valence-corrected chi connectivity index (χ0v) is 36.5. The molecule has 13 rings (SSSR count). The molecule has 0 fully saturated rings. The van der Waals surface area contributed by atoms with E-state index in [0.717, 1.165) is 39.7 Å². The third-order valence-electron chi connectivity index (χ3n) is 12.8. The van der Waals surface area contributed by atoms with Crippen LogP contribution in [0.25, 0.3) is 79.6 Å². The standard InChI is InChI=1S/C60H39N3Se/c1-4-18-40(19-5-1)41-20-14-21-42(36-41)48-28-10-12-31-53(48)62(44-24-8-3-9-25-44)46-27-15-26-45(37-46)61(43-22-6-2-7-23-43)47-38-51-49-29-11-13-32-54(49)63-55-33-17-35-57-59(55)58-50(52(39-47)60(51)63)30-16-34-56(58)64-57/h1-39H. The Morgan fingerprint density at radius 3 is 1.64 bits per heavy atom. The van der Waals surface area contributed by atoms with E-state index in [4.69, 9.17) is 0 Å². The van der Waals surface area contributed by atoms with E-state index in [2.05, 4.69) is 251 Å². The molecular formula is C60H39N3Se. The fourth-order valence-electron chi connectivity index (χ4n) is 10.1. The first-order chi connectivity index (χ1) is 31.8. The molecule has 10 aromatic carbocycles.